The minimum Gasteiger partial charge on any atom is -0.0876 e. The first-order valence-electron chi connectivity index (χ1n) is 6.76. The monoisotopic (exact) mass is 312 g/mol. The van der Waals surface area contributed by atoms with E-state index in [-0.39, 0.29) is 0 Å². The molecule has 1 atom stereocenters. The first kappa shape index (κ1) is 12.7. The summed E-state index contributed by atoms with van der Waals surface area (Å²) in [6.07, 6.45) is 12.1. The van der Waals surface area contributed by atoms with Gasteiger partial charge in [-0.1, -0.05) is 64.5 Å². The number of halogens is 1. The highest BCUT2D eigenvalue weighted by molar-refractivity contribution is 9.15. The molecule has 1 aromatic carbocycles. The summed E-state index contributed by atoms with van der Waals surface area (Å²) in [5, 5.41) is 0. The van der Waals surface area contributed by atoms with E-state index in [2.05, 4.69) is 78.4 Å². The van der Waals surface area contributed by atoms with E-state index >= 15 is 0 Å². The molecule has 0 aromatic heterocycles. The van der Waals surface area contributed by atoms with Gasteiger partial charge in [0.05, 0.1) is 0 Å². The van der Waals surface area contributed by atoms with Gasteiger partial charge in [0.25, 0.3) is 0 Å². The van der Waals surface area contributed by atoms with Crippen LogP contribution in [0.4, 0.5) is 0 Å². The molecular weight excluding hydrogens is 296 g/mol. The lowest BCUT2D eigenvalue weighted by molar-refractivity contribution is 0.842. The second-order valence-corrected chi connectivity index (χ2v) is 5.81. The van der Waals surface area contributed by atoms with Crippen LogP contribution in [0.5, 0.6) is 0 Å². The van der Waals surface area contributed by atoms with Gasteiger partial charge >= 0.3 is 0 Å². The van der Waals surface area contributed by atoms with Crippen molar-refractivity contribution in [2.45, 2.75) is 26.2 Å². The highest BCUT2D eigenvalue weighted by Gasteiger charge is 2.34. The van der Waals surface area contributed by atoms with Crippen LogP contribution >= 0.6 is 15.9 Å². The third-order valence-corrected chi connectivity index (χ3v) is 4.74. The van der Waals surface area contributed by atoms with Gasteiger partial charge in [-0.05, 0) is 48.1 Å². The van der Waals surface area contributed by atoms with Crippen LogP contribution in [0.3, 0.4) is 0 Å². The zero-order valence-corrected chi connectivity index (χ0v) is 12.9. The zero-order valence-electron chi connectivity index (χ0n) is 11.3. The van der Waals surface area contributed by atoms with E-state index in [0.29, 0.717) is 5.92 Å². The van der Waals surface area contributed by atoms with Gasteiger partial charge in [0, 0.05) is 10.4 Å². The van der Waals surface area contributed by atoms with Crippen LogP contribution < -0.4 is 0 Å². The Morgan fingerprint density at radius 3 is 2.74 bits per heavy atom. The lowest BCUT2D eigenvalue weighted by Gasteiger charge is -2.20. The van der Waals surface area contributed by atoms with Gasteiger partial charge in [0.1, 0.15) is 0 Å². The normalized spacial score (nSPS) is 25.2. The quantitative estimate of drug-likeness (QED) is 0.612. The van der Waals surface area contributed by atoms with Gasteiger partial charge in [0.2, 0.25) is 0 Å². The third kappa shape index (κ3) is 1.88. The molecule has 0 heterocycles. The fourth-order valence-electron chi connectivity index (χ4n) is 3.19. The van der Waals surface area contributed by atoms with Crippen molar-refractivity contribution in [3.8, 4) is 0 Å². The molecule has 0 amide bonds. The minimum atomic E-state index is 0.536. The molecule has 0 saturated heterocycles. The van der Waals surface area contributed by atoms with E-state index in [9.17, 15) is 0 Å². The number of rotatable bonds is 1. The highest BCUT2D eigenvalue weighted by Crippen LogP contribution is 2.53. The Morgan fingerprint density at radius 1 is 1.21 bits per heavy atom. The van der Waals surface area contributed by atoms with E-state index in [1.54, 1.807) is 0 Å². The maximum atomic E-state index is 3.70. The van der Waals surface area contributed by atoms with Crippen LogP contribution in [0.2, 0.25) is 0 Å². The Hall–Kier alpha value is -1.34. The first-order valence-corrected chi connectivity index (χ1v) is 7.56. The number of hydrogen-bond acceptors (Lipinski definition) is 0. The molecule has 0 bridgehead atoms. The summed E-state index contributed by atoms with van der Waals surface area (Å²) >= 11 is 3.70. The SMILES string of the molecule is CC=CC=C1C(=CC)C2CC=C(Br)c3cccc1c32. The molecule has 1 aromatic rings. The van der Waals surface area contributed by atoms with Crippen LogP contribution in [-0.2, 0) is 0 Å². The highest BCUT2D eigenvalue weighted by atomic mass is 79.9. The summed E-state index contributed by atoms with van der Waals surface area (Å²) in [4.78, 5) is 0. The van der Waals surface area contributed by atoms with Crippen molar-refractivity contribution in [1.29, 1.82) is 0 Å². The van der Waals surface area contributed by atoms with E-state index in [1.807, 2.05) is 0 Å². The molecule has 1 unspecified atom stereocenters. The summed E-state index contributed by atoms with van der Waals surface area (Å²) in [6, 6.07) is 6.63. The van der Waals surface area contributed by atoms with Crippen LogP contribution in [-0.4, -0.2) is 0 Å². The Balaban J connectivity index is 2.28. The summed E-state index contributed by atoms with van der Waals surface area (Å²) in [5.74, 6) is 0.536. The number of allylic oxidation sites excluding steroid dienone is 7. The second kappa shape index (κ2) is 4.97. The maximum Gasteiger partial charge on any atom is 0.0211 e. The van der Waals surface area contributed by atoms with Gasteiger partial charge in [-0.3, -0.25) is 0 Å². The van der Waals surface area contributed by atoms with Crippen molar-refractivity contribution in [2.24, 2.45) is 0 Å². The molecule has 0 fully saturated rings. The van der Waals surface area contributed by atoms with Crippen molar-refractivity contribution in [1.82, 2.24) is 0 Å². The summed E-state index contributed by atoms with van der Waals surface area (Å²) < 4.78 is 1.24. The number of benzene rings is 1. The Bertz CT molecular complexity index is 642. The van der Waals surface area contributed by atoms with Crippen LogP contribution in [0, 0.1) is 0 Å². The van der Waals surface area contributed by atoms with E-state index < -0.39 is 0 Å². The van der Waals surface area contributed by atoms with Crippen molar-refractivity contribution in [3.05, 3.63) is 70.8 Å². The Kier molecular flexibility index (Phi) is 3.32. The van der Waals surface area contributed by atoms with E-state index in [4.69, 9.17) is 0 Å². The van der Waals surface area contributed by atoms with Gasteiger partial charge in [0.15, 0.2) is 0 Å². The Labute approximate surface area is 123 Å². The van der Waals surface area contributed by atoms with Crippen molar-refractivity contribution >= 4 is 26.0 Å². The predicted molar refractivity (Wildman–Crippen MR) is 87.3 cm³/mol. The fraction of sp³-hybridized carbons (Fsp3) is 0.222. The van der Waals surface area contributed by atoms with Crippen LogP contribution in [0.25, 0.3) is 10.1 Å². The van der Waals surface area contributed by atoms with Gasteiger partial charge < -0.3 is 0 Å². The second-order valence-electron chi connectivity index (χ2n) is 4.96. The Morgan fingerprint density at radius 2 is 2.00 bits per heavy atom. The molecular formula is C18H17Br. The molecule has 1 heteroatoms. The summed E-state index contributed by atoms with van der Waals surface area (Å²) in [7, 11) is 0. The molecule has 2 aliphatic carbocycles. The smallest absolute Gasteiger partial charge is 0.0211 e. The topological polar surface area (TPSA) is 0 Å². The van der Waals surface area contributed by atoms with E-state index in [1.165, 1.54) is 32.3 Å². The fourth-order valence-corrected chi connectivity index (χ4v) is 3.73. The van der Waals surface area contributed by atoms with Crippen LogP contribution in [0.15, 0.2) is 54.2 Å². The van der Waals surface area contributed by atoms with Gasteiger partial charge in [-0.25, -0.2) is 0 Å². The minimum absolute atomic E-state index is 0.536. The molecule has 0 spiro atoms. The lowest BCUT2D eigenvalue weighted by atomic mass is 9.86. The van der Waals surface area contributed by atoms with Crippen molar-refractivity contribution in [2.75, 3.05) is 0 Å². The molecule has 3 rings (SSSR count). The predicted octanol–water partition coefficient (Wildman–Crippen LogP) is 5.83. The summed E-state index contributed by atoms with van der Waals surface area (Å²) in [5.41, 5.74) is 7.12. The first-order chi connectivity index (χ1) is 9.27. The number of hydrogen-bond donors (Lipinski definition) is 0. The van der Waals surface area contributed by atoms with Crippen molar-refractivity contribution < 1.29 is 0 Å². The maximum absolute atomic E-state index is 3.70. The molecule has 2 aliphatic rings. The molecule has 0 nitrogen and oxygen atoms in total. The lowest BCUT2D eigenvalue weighted by Crippen LogP contribution is -2.02. The van der Waals surface area contributed by atoms with Crippen molar-refractivity contribution in [3.63, 3.8) is 0 Å². The van der Waals surface area contributed by atoms with Gasteiger partial charge in [-0.15, -0.1) is 0 Å². The molecule has 0 N–H and O–H groups in total. The van der Waals surface area contributed by atoms with Crippen LogP contribution in [0.1, 0.15) is 42.9 Å². The summed E-state index contributed by atoms with van der Waals surface area (Å²) in [6.45, 7) is 4.21. The average molecular weight is 313 g/mol. The van der Waals surface area contributed by atoms with E-state index in [0.717, 1.165) is 6.42 Å². The molecule has 0 radical (unpaired) electrons. The molecule has 96 valence electrons. The zero-order chi connectivity index (χ0) is 13.4. The molecule has 0 saturated carbocycles. The largest absolute Gasteiger partial charge is 0.0876 e. The third-order valence-electron chi connectivity index (χ3n) is 3.99. The standard InChI is InChI=1S/C18H17Br/c1-3-5-7-13-12(4-2)15-10-11-17(19)16-9-6-8-14(13)18(15)16/h3-9,11,15H,10H2,1-2H3. The van der Waals surface area contributed by atoms with Gasteiger partial charge in [-0.2, -0.15) is 0 Å². The average Bonchev–Trinajstić information content (AvgIpc) is 2.75. The molecule has 19 heavy (non-hydrogen) atoms. The molecule has 0 aliphatic heterocycles.